The Bertz CT molecular complexity index is 545. The van der Waals surface area contributed by atoms with Gasteiger partial charge in [0.2, 0.25) is 0 Å². The number of aromatic nitrogens is 2. The lowest BCUT2D eigenvalue weighted by atomic mass is 10.1. The Morgan fingerprint density at radius 3 is 2.68 bits per heavy atom. The van der Waals surface area contributed by atoms with Crippen LogP contribution in [0.2, 0.25) is 0 Å². The van der Waals surface area contributed by atoms with Crippen molar-refractivity contribution in [1.29, 1.82) is 0 Å². The molecular weight excluding hydrogens is 304 g/mol. The number of rotatable bonds is 3. The first-order chi connectivity index (χ1) is 10.3. The molecule has 122 valence electrons. The first-order valence-electron chi connectivity index (χ1n) is 7.25. The number of nitrogens with zero attached hydrogens (tertiary/aromatic N) is 4. The molecule has 0 bridgehead atoms. The van der Waals surface area contributed by atoms with E-state index < -0.39 is 17.5 Å². The van der Waals surface area contributed by atoms with Crippen LogP contribution in [-0.2, 0) is 11.4 Å². The Labute approximate surface area is 133 Å². The van der Waals surface area contributed by atoms with Gasteiger partial charge in [0.25, 0.3) is 0 Å². The van der Waals surface area contributed by atoms with Gasteiger partial charge in [0, 0.05) is 24.8 Å². The lowest BCUT2D eigenvalue weighted by Crippen LogP contribution is -2.38. The summed E-state index contributed by atoms with van der Waals surface area (Å²) in [4.78, 5) is 12.3. The average Bonchev–Trinajstić information content (AvgIpc) is 2.92. The molecule has 0 spiro atoms. The van der Waals surface area contributed by atoms with Crippen LogP contribution in [0.15, 0.2) is 16.8 Å². The summed E-state index contributed by atoms with van der Waals surface area (Å²) in [5, 5.41) is 13.3. The predicted molar refractivity (Wildman–Crippen MR) is 85.6 cm³/mol. The maximum absolute atomic E-state index is 11.9. The number of hydrogen-bond acceptors (Lipinski definition) is 4. The third-order valence-electron chi connectivity index (χ3n) is 3.55. The zero-order valence-corrected chi connectivity index (χ0v) is 13.9. The summed E-state index contributed by atoms with van der Waals surface area (Å²) in [6.07, 6.45) is 5.77. The molecule has 1 aromatic rings. The van der Waals surface area contributed by atoms with Crippen LogP contribution in [0.5, 0.6) is 0 Å². The summed E-state index contributed by atoms with van der Waals surface area (Å²) < 4.78 is 17.4. The van der Waals surface area contributed by atoms with Gasteiger partial charge in [0.05, 0.1) is 18.5 Å². The summed E-state index contributed by atoms with van der Waals surface area (Å²) in [6.45, 7) is 6.68. The molecule has 2 rings (SSSR count). The third kappa shape index (κ3) is 4.23. The van der Waals surface area contributed by atoms with Crippen molar-refractivity contribution in [2.24, 2.45) is 4.40 Å². The first-order valence-corrected chi connectivity index (χ1v) is 8.36. The standard InChI is InChI=1S/C14H22N4O3S/c1-14(2,3)22(21)16-9-11-8-15-18(10-11)12-4-6-17(7-5-12)13(19)20/h8-10,12H,4-7H2,1-3H3,(H,19,20)/b16-9+. The Morgan fingerprint density at radius 2 is 2.14 bits per heavy atom. The van der Waals surface area contributed by atoms with E-state index in [0.717, 1.165) is 18.4 Å². The van der Waals surface area contributed by atoms with Crippen molar-refractivity contribution in [1.82, 2.24) is 14.7 Å². The Kier molecular flexibility index (Phi) is 5.12. The summed E-state index contributed by atoms with van der Waals surface area (Å²) >= 11 is -1.28. The van der Waals surface area contributed by atoms with Gasteiger partial charge in [-0.3, -0.25) is 4.68 Å². The molecular formula is C14H22N4O3S. The van der Waals surface area contributed by atoms with E-state index in [9.17, 15) is 9.35 Å². The van der Waals surface area contributed by atoms with Crippen LogP contribution < -0.4 is 0 Å². The monoisotopic (exact) mass is 326 g/mol. The number of likely N-dealkylation sites (tertiary alicyclic amines) is 1. The van der Waals surface area contributed by atoms with Gasteiger partial charge in [-0.25, -0.2) is 4.79 Å². The van der Waals surface area contributed by atoms with Gasteiger partial charge >= 0.3 is 6.09 Å². The highest BCUT2D eigenvalue weighted by atomic mass is 32.2. The molecule has 1 amide bonds. The number of hydrogen-bond donors (Lipinski definition) is 1. The fourth-order valence-electron chi connectivity index (χ4n) is 2.21. The second-order valence-corrected chi connectivity index (χ2v) is 8.28. The van der Waals surface area contributed by atoms with E-state index >= 15 is 0 Å². The molecule has 0 aliphatic carbocycles. The van der Waals surface area contributed by atoms with E-state index in [1.165, 1.54) is 4.90 Å². The minimum absolute atomic E-state index is 0.200. The van der Waals surface area contributed by atoms with Gasteiger partial charge in [-0.2, -0.15) is 5.10 Å². The largest absolute Gasteiger partial charge is 0.591 e. The summed E-state index contributed by atoms with van der Waals surface area (Å²) in [6, 6.07) is 0.200. The van der Waals surface area contributed by atoms with Crippen molar-refractivity contribution in [3.8, 4) is 0 Å². The average molecular weight is 326 g/mol. The van der Waals surface area contributed by atoms with Crippen LogP contribution in [0.4, 0.5) is 4.79 Å². The fraction of sp³-hybridized carbons (Fsp3) is 0.643. The molecule has 0 radical (unpaired) electrons. The molecule has 1 saturated heterocycles. The highest BCUT2D eigenvalue weighted by Crippen LogP contribution is 2.22. The van der Waals surface area contributed by atoms with Gasteiger partial charge in [-0.05, 0) is 33.6 Å². The highest BCUT2D eigenvalue weighted by molar-refractivity contribution is 7.91. The maximum Gasteiger partial charge on any atom is 0.407 e. The second-order valence-electron chi connectivity index (χ2n) is 6.35. The molecule has 1 N–H and O–H groups in total. The number of carbonyl (C=O) groups is 1. The topological polar surface area (TPSA) is 93.8 Å². The molecule has 8 heteroatoms. The zero-order valence-electron chi connectivity index (χ0n) is 13.1. The zero-order chi connectivity index (χ0) is 16.3. The summed E-state index contributed by atoms with van der Waals surface area (Å²) in [5.41, 5.74) is 0.804. The van der Waals surface area contributed by atoms with Gasteiger partial charge in [0.1, 0.15) is 16.1 Å². The Hall–Kier alpha value is -1.54. The Morgan fingerprint density at radius 1 is 1.50 bits per heavy atom. The molecule has 1 unspecified atom stereocenters. The van der Waals surface area contributed by atoms with Gasteiger partial charge < -0.3 is 14.6 Å². The van der Waals surface area contributed by atoms with Crippen molar-refractivity contribution < 1.29 is 14.5 Å². The summed E-state index contributed by atoms with van der Waals surface area (Å²) in [7, 11) is 0. The fourth-order valence-corrected chi connectivity index (χ4v) is 2.74. The van der Waals surface area contributed by atoms with E-state index in [1.807, 2.05) is 31.6 Å². The van der Waals surface area contributed by atoms with Crippen LogP contribution in [0.3, 0.4) is 0 Å². The van der Waals surface area contributed by atoms with Gasteiger partial charge in [-0.1, -0.05) is 4.40 Å². The maximum atomic E-state index is 11.9. The van der Waals surface area contributed by atoms with Crippen molar-refractivity contribution in [3.05, 3.63) is 18.0 Å². The van der Waals surface area contributed by atoms with Crippen LogP contribution in [0, 0.1) is 0 Å². The van der Waals surface area contributed by atoms with Crippen molar-refractivity contribution >= 4 is 23.7 Å². The van der Waals surface area contributed by atoms with E-state index in [1.54, 1.807) is 12.4 Å². The normalized spacial score (nSPS) is 18.8. The van der Waals surface area contributed by atoms with Crippen molar-refractivity contribution in [2.75, 3.05) is 13.1 Å². The van der Waals surface area contributed by atoms with Gasteiger partial charge in [0.15, 0.2) is 0 Å². The molecule has 1 aliphatic rings. The van der Waals surface area contributed by atoms with Crippen molar-refractivity contribution in [3.63, 3.8) is 0 Å². The van der Waals surface area contributed by atoms with E-state index in [2.05, 4.69) is 9.50 Å². The van der Waals surface area contributed by atoms with Gasteiger partial charge in [-0.15, -0.1) is 0 Å². The second kappa shape index (κ2) is 6.70. The first kappa shape index (κ1) is 16.8. The van der Waals surface area contributed by atoms with Crippen molar-refractivity contribution in [2.45, 2.75) is 44.4 Å². The minimum Gasteiger partial charge on any atom is -0.591 e. The Balaban J connectivity index is 1.95. The molecule has 1 fully saturated rings. The number of piperidine rings is 1. The van der Waals surface area contributed by atoms with Crippen LogP contribution in [0.1, 0.15) is 45.2 Å². The molecule has 1 aliphatic heterocycles. The molecule has 2 heterocycles. The number of amides is 1. The van der Waals surface area contributed by atoms with Crippen LogP contribution in [-0.4, -0.2) is 54.5 Å². The lowest BCUT2D eigenvalue weighted by Gasteiger charge is -2.29. The predicted octanol–water partition coefficient (Wildman–Crippen LogP) is 2.08. The molecule has 0 saturated carbocycles. The third-order valence-corrected chi connectivity index (χ3v) is 4.90. The lowest BCUT2D eigenvalue weighted by molar-refractivity contribution is 0.124. The molecule has 22 heavy (non-hydrogen) atoms. The van der Waals surface area contributed by atoms with E-state index in [0.29, 0.717) is 13.1 Å². The SMILES string of the molecule is CC(C)(C)[S+]([O-])/N=C/c1cnn(C2CCN(C(=O)O)CC2)c1. The van der Waals surface area contributed by atoms with Crippen LogP contribution in [0.25, 0.3) is 0 Å². The molecule has 7 nitrogen and oxygen atoms in total. The molecule has 1 atom stereocenters. The number of carboxylic acid groups (broad SMARTS) is 1. The minimum atomic E-state index is -1.28. The molecule has 0 aromatic carbocycles. The van der Waals surface area contributed by atoms with Crippen LogP contribution >= 0.6 is 0 Å². The van der Waals surface area contributed by atoms with E-state index in [4.69, 9.17) is 5.11 Å². The quantitative estimate of drug-likeness (QED) is 0.679. The summed E-state index contributed by atoms with van der Waals surface area (Å²) in [5.74, 6) is 0. The van der Waals surface area contributed by atoms with E-state index in [-0.39, 0.29) is 10.8 Å². The highest BCUT2D eigenvalue weighted by Gasteiger charge is 2.26. The smallest absolute Gasteiger partial charge is 0.407 e. The molecule has 1 aromatic heterocycles.